The molecular formula is C21H21N5O7. The van der Waals surface area contributed by atoms with Gasteiger partial charge in [-0.1, -0.05) is 23.4 Å². The molecule has 0 radical (unpaired) electrons. The van der Waals surface area contributed by atoms with Crippen molar-refractivity contribution >= 4 is 11.9 Å². The van der Waals surface area contributed by atoms with Crippen molar-refractivity contribution in [3.05, 3.63) is 63.6 Å². The standard InChI is InChI=1S/C21H21N5O7/c1-12(27)31-11-18-17(32-13(2)28)8-19(33-18)25-9-15(20(29)22-21(25)30)16-10-26(24-23-16)14-6-4-3-5-7-14/h3-7,9-10,17-19H,8,11H2,1-2H3,(H,22,29,30)/t17-,18+,19+/m0/s1. The van der Waals surface area contributed by atoms with Crippen LogP contribution in [0.25, 0.3) is 16.9 Å². The summed E-state index contributed by atoms with van der Waals surface area (Å²) in [6.45, 7) is 2.34. The molecule has 2 aromatic heterocycles. The molecule has 1 aliphatic heterocycles. The van der Waals surface area contributed by atoms with Crippen LogP contribution in [0.15, 0.2) is 52.3 Å². The Balaban J connectivity index is 1.64. The van der Waals surface area contributed by atoms with Crippen LogP contribution in [0.1, 0.15) is 26.5 Å². The van der Waals surface area contributed by atoms with Crippen molar-refractivity contribution in [2.24, 2.45) is 0 Å². The first-order valence-electron chi connectivity index (χ1n) is 10.1. The molecule has 3 atom stereocenters. The Morgan fingerprint density at radius 2 is 1.91 bits per heavy atom. The van der Waals surface area contributed by atoms with E-state index >= 15 is 0 Å². The lowest BCUT2D eigenvalue weighted by Gasteiger charge is -2.17. The number of ether oxygens (including phenoxy) is 3. The predicted molar refractivity (Wildman–Crippen MR) is 112 cm³/mol. The van der Waals surface area contributed by atoms with Gasteiger partial charge in [0.15, 0.2) is 0 Å². The van der Waals surface area contributed by atoms with Crippen molar-refractivity contribution in [1.29, 1.82) is 0 Å². The highest BCUT2D eigenvalue weighted by Gasteiger charge is 2.39. The van der Waals surface area contributed by atoms with Crippen LogP contribution in [0, 0.1) is 0 Å². The molecule has 0 spiro atoms. The summed E-state index contributed by atoms with van der Waals surface area (Å²) in [7, 11) is 0. The van der Waals surface area contributed by atoms with Crippen LogP contribution in [0.3, 0.4) is 0 Å². The van der Waals surface area contributed by atoms with Gasteiger partial charge in [0.25, 0.3) is 5.56 Å². The van der Waals surface area contributed by atoms with Gasteiger partial charge in [-0.25, -0.2) is 9.48 Å². The van der Waals surface area contributed by atoms with E-state index in [0.29, 0.717) is 0 Å². The van der Waals surface area contributed by atoms with E-state index in [1.54, 1.807) is 6.20 Å². The molecule has 0 saturated carbocycles. The van der Waals surface area contributed by atoms with Crippen LogP contribution in [-0.4, -0.2) is 55.3 Å². The van der Waals surface area contributed by atoms with E-state index in [1.165, 1.54) is 29.3 Å². The third kappa shape index (κ3) is 4.90. The number of aromatic amines is 1. The highest BCUT2D eigenvalue weighted by Crippen LogP contribution is 2.30. The Bertz CT molecular complexity index is 1280. The summed E-state index contributed by atoms with van der Waals surface area (Å²) in [5.74, 6) is -1.06. The maximum absolute atomic E-state index is 12.5. The third-order valence-corrected chi connectivity index (χ3v) is 5.02. The van der Waals surface area contributed by atoms with Crippen LogP contribution in [-0.2, 0) is 23.8 Å². The van der Waals surface area contributed by atoms with E-state index in [0.717, 1.165) is 5.69 Å². The second kappa shape index (κ2) is 9.20. The zero-order chi connectivity index (χ0) is 23.5. The first-order chi connectivity index (χ1) is 15.8. The lowest BCUT2D eigenvalue weighted by molar-refractivity contribution is -0.155. The minimum Gasteiger partial charge on any atom is -0.463 e. The number of hydrogen-bond donors (Lipinski definition) is 1. The van der Waals surface area contributed by atoms with Gasteiger partial charge >= 0.3 is 17.6 Å². The molecule has 1 saturated heterocycles. The molecule has 4 rings (SSSR count). The first-order valence-corrected chi connectivity index (χ1v) is 10.1. The Morgan fingerprint density at radius 1 is 1.15 bits per heavy atom. The highest BCUT2D eigenvalue weighted by atomic mass is 16.6. The first kappa shape index (κ1) is 22.1. The third-order valence-electron chi connectivity index (χ3n) is 5.02. The van der Waals surface area contributed by atoms with Gasteiger partial charge in [-0.15, -0.1) is 5.10 Å². The normalized spacial score (nSPS) is 19.9. The van der Waals surface area contributed by atoms with Gasteiger partial charge in [-0.2, -0.15) is 0 Å². The molecule has 1 fully saturated rings. The Kier molecular flexibility index (Phi) is 6.18. The molecule has 0 unspecified atom stereocenters. The fourth-order valence-corrected chi connectivity index (χ4v) is 3.53. The van der Waals surface area contributed by atoms with Crippen LogP contribution < -0.4 is 11.2 Å². The van der Waals surface area contributed by atoms with Crippen LogP contribution >= 0.6 is 0 Å². The number of nitrogens with zero attached hydrogens (tertiary/aromatic N) is 4. The van der Waals surface area contributed by atoms with E-state index in [2.05, 4.69) is 15.3 Å². The maximum atomic E-state index is 12.5. The lowest BCUT2D eigenvalue weighted by Crippen LogP contribution is -2.33. The van der Waals surface area contributed by atoms with Gasteiger partial charge in [-0.05, 0) is 12.1 Å². The van der Waals surface area contributed by atoms with Crippen molar-refractivity contribution in [2.45, 2.75) is 38.7 Å². The Hall–Kier alpha value is -4.06. The van der Waals surface area contributed by atoms with Crippen molar-refractivity contribution in [1.82, 2.24) is 24.5 Å². The number of esters is 2. The summed E-state index contributed by atoms with van der Waals surface area (Å²) in [5.41, 5.74) is -0.244. The zero-order valence-corrected chi connectivity index (χ0v) is 17.8. The van der Waals surface area contributed by atoms with Crippen LogP contribution in [0.5, 0.6) is 0 Å². The molecule has 1 N–H and O–H groups in total. The van der Waals surface area contributed by atoms with E-state index in [-0.39, 0.29) is 24.3 Å². The van der Waals surface area contributed by atoms with Crippen molar-refractivity contribution in [2.75, 3.05) is 6.61 Å². The van der Waals surface area contributed by atoms with E-state index in [9.17, 15) is 19.2 Å². The summed E-state index contributed by atoms with van der Waals surface area (Å²) >= 11 is 0. The second-order valence-electron chi connectivity index (χ2n) is 7.41. The zero-order valence-electron chi connectivity index (χ0n) is 17.8. The fourth-order valence-electron chi connectivity index (χ4n) is 3.53. The number of aromatic nitrogens is 5. The molecule has 1 aliphatic rings. The van der Waals surface area contributed by atoms with E-state index in [1.807, 2.05) is 30.3 Å². The molecule has 0 bridgehead atoms. The van der Waals surface area contributed by atoms with Crippen LogP contribution in [0.4, 0.5) is 0 Å². The summed E-state index contributed by atoms with van der Waals surface area (Å²) in [5, 5.41) is 8.09. The summed E-state index contributed by atoms with van der Waals surface area (Å²) in [6.07, 6.45) is 0.618. The lowest BCUT2D eigenvalue weighted by atomic mass is 10.2. The number of benzene rings is 1. The molecule has 0 aliphatic carbocycles. The quantitative estimate of drug-likeness (QED) is 0.527. The number of nitrogens with one attached hydrogen (secondary N) is 1. The van der Waals surface area contributed by atoms with E-state index < -0.39 is 41.6 Å². The summed E-state index contributed by atoms with van der Waals surface area (Å²) < 4.78 is 18.8. The van der Waals surface area contributed by atoms with E-state index in [4.69, 9.17) is 14.2 Å². The fraction of sp³-hybridized carbons (Fsp3) is 0.333. The van der Waals surface area contributed by atoms with Crippen molar-refractivity contribution < 1.29 is 23.8 Å². The number of rotatable bonds is 6. The predicted octanol–water partition coefficient (Wildman–Crippen LogP) is 0.567. The molecule has 0 amide bonds. The topological polar surface area (TPSA) is 147 Å². The molecule has 12 heteroatoms. The highest BCUT2D eigenvalue weighted by molar-refractivity contribution is 5.66. The smallest absolute Gasteiger partial charge is 0.330 e. The van der Waals surface area contributed by atoms with Gasteiger partial charge in [-0.3, -0.25) is 23.9 Å². The number of carbonyl (C=O) groups excluding carboxylic acids is 2. The summed E-state index contributed by atoms with van der Waals surface area (Å²) in [6, 6.07) is 9.20. The number of para-hydroxylation sites is 1. The second-order valence-corrected chi connectivity index (χ2v) is 7.41. The van der Waals surface area contributed by atoms with Gasteiger partial charge in [0, 0.05) is 26.5 Å². The van der Waals surface area contributed by atoms with Crippen molar-refractivity contribution in [3.63, 3.8) is 0 Å². The molecule has 3 aromatic rings. The van der Waals surface area contributed by atoms with Gasteiger partial charge in [0.2, 0.25) is 0 Å². The van der Waals surface area contributed by atoms with Gasteiger partial charge in [0.1, 0.15) is 30.7 Å². The summed E-state index contributed by atoms with van der Waals surface area (Å²) in [4.78, 5) is 49.9. The monoisotopic (exact) mass is 455 g/mol. The number of H-pyrrole nitrogens is 1. The molecule has 3 heterocycles. The molecule has 33 heavy (non-hydrogen) atoms. The van der Waals surface area contributed by atoms with Crippen LogP contribution in [0.2, 0.25) is 0 Å². The number of carbonyl (C=O) groups is 2. The molecule has 172 valence electrons. The molecule has 1 aromatic carbocycles. The van der Waals surface area contributed by atoms with Gasteiger partial charge < -0.3 is 14.2 Å². The van der Waals surface area contributed by atoms with Crippen molar-refractivity contribution in [3.8, 4) is 16.9 Å². The average Bonchev–Trinajstić information content (AvgIpc) is 3.40. The minimum absolute atomic E-state index is 0.104. The Morgan fingerprint density at radius 3 is 2.61 bits per heavy atom. The minimum atomic E-state index is -0.873. The molecular weight excluding hydrogens is 434 g/mol. The Labute approximate surface area is 186 Å². The maximum Gasteiger partial charge on any atom is 0.330 e. The SMILES string of the molecule is CC(=O)OC[C@H]1O[C@@H](n2cc(-c3cn(-c4ccccc4)nn3)c(=O)[nH]c2=O)C[C@@H]1OC(C)=O. The number of hydrogen-bond acceptors (Lipinski definition) is 9. The molecule has 12 nitrogen and oxygen atoms in total. The average molecular weight is 455 g/mol. The van der Waals surface area contributed by atoms with Gasteiger partial charge in [0.05, 0.1) is 17.4 Å². The largest absolute Gasteiger partial charge is 0.463 e.